The predicted molar refractivity (Wildman–Crippen MR) is 50.2 cm³/mol. The van der Waals surface area contributed by atoms with Crippen molar-refractivity contribution in [1.29, 1.82) is 0 Å². The van der Waals surface area contributed by atoms with Crippen molar-refractivity contribution in [3.63, 3.8) is 0 Å². The van der Waals surface area contributed by atoms with Crippen LogP contribution < -0.4 is 0 Å². The Morgan fingerprint density at radius 1 is 1.25 bits per heavy atom. The Bertz CT molecular complexity index is 427. The van der Waals surface area contributed by atoms with Crippen molar-refractivity contribution >= 4 is 10.9 Å². The number of aryl methyl sites for hydroxylation is 3. The Balaban J connectivity index is 2.89. The molecule has 0 saturated carbocycles. The van der Waals surface area contributed by atoms with Crippen LogP contribution in [0.2, 0.25) is 0 Å². The standard InChI is InChI=1S/C10H12N2/c1-7-4-5-10-9(8(7)2)6-12(3)11-10/h4-6H,1-3H3. The SMILES string of the molecule is Cc1ccc2nn(C)cc2c1C. The van der Waals surface area contributed by atoms with Crippen molar-refractivity contribution < 1.29 is 0 Å². The van der Waals surface area contributed by atoms with Gasteiger partial charge in [-0.2, -0.15) is 5.10 Å². The molecule has 0 radical (unpaired) electrons. The fourth-order valence-electron chi connectivity index (χ4n) is 1.46. The lowest BCUT2D eigenvalue weighted by atomic mass is 10.1. The second-order valence-corrected chi connectivity index (χ2v) is 3.24. The number of fused-ring (bicyclic) bond motifs is 1. The first-order valence-electron chi connectivity index (χ1n) is 4.08. The fourth-order valence-corrected chi connectivity index (χ4v) is 1.46. The van der Waals surface area contributed by atoms with Gasteiger partial charge in [0.2, 0.25) is 0 Å². The molecule has 0 aliphatic heterocycles. The van der Waals surface area contributed by atoms with E-state index in [0.29, 0.717) is 0 Å². The van der Waals surface area contributed by atoms with Gasteiger partial charge < -0.3 is 0 Å². The summed E-state index contributed by atoms with van der Waals surface area (Å²) in [5, 5.41) is 5.59. The Morgan fingerprint density at radius 3 is 2.75 bits per heavy atom. The van der Waals surface area contributed by atoms with Crippen LogP contribution in [0.4, 0.5) is 0 Å². The molecule has 1 aromatic heterocycles. The molecule has 0 saturated heterocycles. The fraction of sp³-hybridized carbons (Fsp3) is 0.300. The molecule has 12 heavy (non-hydrogen) atoms. The summed E-state index contributed by atoms with van der Waals surface area (Å²) in [5.41, 5.74) is 3.75. The van der Waals surface area contributed by atoms with Crippen LogP contribution in [0.3, 0.4) is 0 Å². The van der Waals surface area contributed by atoms with E-state index in [1.54, 1.807) is 0 Å². The highest BCUT2D eigenvalue weighted by molar-refractivity contribution is 5.82. The summed E-state index contributed by atoms with van der Waals surface area (Å²) in [6.45, 7) is 4.27. The van der Waals surface area contributed by atoms with Crippen LogP contribution in [-0.4, -0.2) is 9.78 Å². The molecule has 2 heteroatoms. The highest BCUT2D eigenvalue weighted by Crippen LogP contribution is 2.19. The molecule has 1 heterocycles. The molecule has 0 N–H and O–H groups in total. The van der Waals surface area contributed by atoms with Crippen molar-refractivity contribution in [2.45, 2.75) is 13.8 Å². The van der Waals surface area contributed by atoms with Gasteiger partial charge in [-0.25, -0.2) is 0 Å². The Morgan fingerprint density at radius 2 is 2.00 bits per heavy atom. The molecule has 0 fully saturated rings. The molecule has 2 aromatic rings. The van der Waals surface area contributed by atoms with Crippen LogP contribution in [-0.2, 0) is 7.05 Å². The molecular formula is C10H12N2. The average Bonchev–Trinajstić information content (AvgIpc) is 2.39. The molecule has 1 aromatic carbocycles. The largest absolute Gasteiger partial charge is 0.275 e. The topological polar surface area (TPSA) is 17.8 Å². The first-order valence-corrected chi connectivity index (χ1v) is 4.08. The quantitative estimate of drug-likeness (QED) is 0.577. The monoisotopic (exact) mass is 160 g/mol. The number of rotatable bonds is 0. The van der Waals surface area contributed by atoms with Gasteiger partial charge in [-0.1, -0.05) is 6.07 Å². The van der Waals surface area contributed by atoms with Crippen LogP contribution in [0.5, 0.6) is 0 Å². The van der Waals surface area contributed by atoms with E-state index < -0.39 is 0 Å². The van der Waals surface area contributed by atoms with Crippen molar-refractivity contribution in [1.82, 2.24) is 9.78 Å². The van der Waals surface area contributed by atoms with E-state index in [0.717, 1.165) is 5.52 Å². The lowest BCUT2D eigenvalue weighted by Crippen LogP contribution is -1.84. The molecule has 62 valence electrons. The summed E-state index contributed by atoms with van der Waals surface area (Å²) in [6, 6.07) is 4.18. The van der Waals surface area contributed by atoms with Gasteiger partial charge in [0, 0.05) is 18.6 Å². The van der Waals surface area contributed by atoms with E-state index in [2.05, 4.69) is 37.3 Å². The maximum Gasteiger partial charge on any atom is 0.0926 e. The van der Waals surface area contributed by atoms with Crippen LogP contribution >= 0.6 is 0 Å². The van der Waals surface area contributed by atoms with Gasteiger partial charge in [0.1, 0.15) is 0 Å². The van der Waals surface area contributed by atoms with E-state index >= 15 is 0 Å². The third-order valence-corrected chi connectivity index (χ3v) is 2.34. The summed E-state index contributed by atoms with van der Waals surface area (Å²) in [5.74, 6) is 0. The third kappa shape index (κ3) is 0.916. The number of hydrogen-bond donors (Lipinski definition) is 0. The minimum atomic E-state index is 1.08. The molecule has 0 spiro atoms. The molecule has 0 atom stereocenters. The van der Waals surface area contributed by atoms with Crippen LogP contribution in [0.25, 0.3) is 10.9 Å². The zero-order valence-corrected chi connectivity index (χ0v) is 7.63. The van der Waals surface area contributed by atoms with Crippen molar-refractivity contribution in [2.75, 3.05) is 0 Å². The first-order chi connectivity index (χ1) is 5.68. The number of nitrogens with zero attached hydrogens (tertiary/aromatic N) is 2. The highest BCUT2D eigenvalue weighted by Gasteiger charge is 2.02. The van der Waals surface area contributed by atoms with E-state index in [4.69, 9.17) is 0 Å². The maximum atomic E-state index is 4.33. The molecular weight excluding hydrogens is 148 g/mol. The van der Waals surface area contributed by atoms with E-state index in [-0.39, 0.29) is 0 Å². The molecule has 0 aliphatic rings. The van der Waals surface area contributed by atoms with Crippen molar-refractivity contribution in [3.8, 4) is 0 Å². The van der Waals surface area contributed by atoms with E-state index in [1.807, 2.05) is 11.7 Å². The minimum absolute atomic E-state index is 1.08. The number of aromatic nitrogens is 2. The molecule has 0 aliphatic carbocycles. The van der Waals surface area contributed by atoms with Gasteiger partial charge in [-0.15, -0.1) is 0 Å². The Labute approximate surface area is 71.8 Å². The van der Waals surface area contributed by atoms with Crippen LogP contribution in [0.15, 0.2) is 18.3 Å². The average molecular weight is 160 g/mol. The summed E-state index contributed by atoms with van der Waals surface area (Å²) >= 11 is 0. The van der Waals surface area contributed by atoms with E-state index in [1.165, 1.54) is 16.5 Å². The summed E-state index contributed by atoms with van der Waals surface area (Å²) in [7, 11) is 1.95. The highest BCUT2D eigenvalue weighted by atomic mass is 15.2. The predicted octanol–water partition coefficient (Wildman–Crippen LogP) is 2.19. The summed E-state index contributed by atoms with van der Waals surface area (Å²) < 4.78 is 1.86. The van der Waals surface area contributed by atoms with Gasteiger partial charge in [-0.3, -0.25) is 4.68 Å². The molecule has 0 bridgehead atoms. The zero-order valence-electron chi connectivity index (χ0n) is 7.63. The lowest BCUT2D eigenvalue weighted by Gasteiger charge is -1.98. The van der Waals surface area contributed by atoms with Crippen LogP contribution in [0.1, 0.15) is 11.1 Å². The zero-order chi connectivity index (χ0) is 8.72. The van der Waals surface area contributed by atoms with Crippen molar-refractivity contribution in [2.24, 2.45) is 7.05 Å². The second-order valence-electron chi connectivity index (χ2n) is 3.24. The number of hydrogen-bond acceptors (Lipinski definition) is 1. The lowest BCUT2D eigenvalue weighted by molar-refractivity contribution is 0.779. The second kappa shape index (κ2) is 2.34. The van der Waals surface area contributed by atoms with Crippen LogP contribution in [0, 0.1) is 13.8 Å². The van der Waals surface area contributed by atoms with Gasteiger partial charge in [0.05, 0.1) is 5.52 Å². The van der Waals surface area contributed by atoms with Gasteiger partial charge in [0.15, 0.2) is 0 Å². The normalized spacial score (nSPS) is 10.9. The van der Waals surface area contributed by atoms with Crippen molar-refractivity contribution in [3.05, 3.63) is 29.5 Å². The Kier molecular flexibility index (Phi) is 1.43. The van der Waals surface area contributed by atoms with Gasteiger partial charge in [0.25, 0.3) is 0 Å². The first kappa shape index (κ1) is 7.35. The Hall–Kier alpha value is -1.31. The molecule has 2 rings (SSSR count). The molecule has 2 nitrogen and oxygen atoms in total. The number of benzene rings is 1. The maximum absolute atomic E-state index is 4.33. The smallest absolute Gasteiger partial charge is 0.0926 e. The molecule has 0 unspecified atom stereocenters. The van der Waals surface area contributed by atoms with Gasteiger partial charge in [-0.05, 0) is 31.0 Å². The van der Waals surface area contributed by atoms with Gasteiger partial charge >= 0.3 is 0 Å². The van der Waals surface area contributed by atoms with E-state index in [9.17, 15) is 0 Å². The summed E-state index contributed by atoms with van der Waals surface area (Å²) in [6.07, 6.45) is 2.07. The minimum Gasteiger partial charge on any atom is -0.275 e. The molecule has 0 amide bonds. The summed E-state index contributed by atoms with van der Waals surface area (Å²) in [4.78, 5) is 0. The third-order valence-electron chi connectivity index (χ3n) is 2.34.